The molecule has 0 aliphatic carbocycles. The predicted octanol–water partition coefficient (Wildman–Crippen LogP) is 1.75. The van der Waals surface area contributed by atoms with Crippen LogP contribution in [0.4, 0.5) is 0 Å². The molecule has 0 amide bonds. The summed E-state index contributed by atoms with van der Waals surface area (Å²) < 4.78 is 10.4. The van der Waals surface area contributed by atoms with Crippen LogP contribution in [0.25, 0.3) is 0 Å². The minimum atomic E-state index is 0.460. The Kier molecular flexibility index (Phi) is 7.48. The molecule has 4 heteroatoms. The second kappa shape index (κ2) is 8.91. The molecule has 0 aromatic heterocycles. The third-order valence-corrected chi connectivity index (χ3v) is 3.29. The molecule has 1 N–H and O–H groups in total. The standard InChI is InChI=1S/C15H26N2O2/c1-13(11-16-9-10-18-3)17(2)12-14-7-5-6-8-15(14)19-4/h5-8,13,16H,9-12H2,1-4H3. The van der Waals surface area contributed by atoms with Gasteiger partial charge < -0.3 is 14.8 Å². The highest BCUT2D eigenvalue weighted by atomic mass is 16.5. The van der Waals surface area contributed by atoms with Crippen LogP contribution in [0.3, 0.4) is 0 Å². The van der Waals surface area contributed by atoms with Gasteiger partial charge in [0.25, 0.3) is 0 Å². The predicted molar refractivity (Wildman–Crippen MR) is 78.7 cm³/mol. The van der Waals surface area contributed by atoms with Crippen molar-refractivity contribution in [3.8, 4) is 5.75 Å². The van der Waals surface area contributed by atoms with Gasteiger partial charge in [0.05, 0.1) is 13.7 Å². The molecule has 1 atom stereocenters. The lowest BCUT2D eigenvalue weighted by molar-refractivity contribution is 0.190. The number of hydrogen-bond acceptors (Lipinski definition) is 4. The van der Waals surface area contributed by atoms with E-state index in [-0.39, 0.29) is 0 Å². The first-order chi connectivity index (χ1) is 9.19. The topological polar surface area (TPSA) is 33.7 Å². The first kappa shape index (κ1) is 16.0. The smallest absolute Gasteiger partial charge is 0.123 e. The van der Waals surface area contributed by atoms with Crippen LogP contribution in [-0.4, -0.2) is 51.9 Å². The molecule has 4 nitrogen and oxygen atoms in total. The second-order valence-corrected chi connectivity index (χ2v) is 4.77. The van der Waals surface area contributed by atoms with Gasteiger partial charge in [-0.05, 0) is 20.0 Å². The van der Waals surface area contributed by atoms with Crippen LogP contribution in [0.1, 0.15) is 12.5 Å². The molecule has 1 aromatic rings. The Hall–Kier alpha value is -1.10. The van der Waals surface area contributed by atoms with E-state index in [0.29, 0.717) is 6.04 Å². The molecule has 19 heavy (non-hydrogen) atoms. The SMILES string of the molecule is COCCNCC(C)N(C)Cc1ccccc1OC. The minimum absolute atomic E-state index is 0.460. The van der Waals surface area contributed by atoms with Gasteiger partial charge in [-0.25, -0.2) is 0 Å². The van der Waals surface area contributed by atoms with E-state index in [2.05, 4.69) is 30.3 Å². The summed E-state index contributed by atoms with van der Waals surface area (Å²) in [4.78, 5) is 2.32. The van der Waals surface area contributed by atoms with Crippen molar-refractivity contribution in [3.05, 3.63) is 29.8 Å². The maximum atomic E-state index is 5.38. The number of rotatable bonds is 9. The molecular formula is C15H26N2O2. The summed E-state index contributed by atoms with van der Waals surface area (Å²) in [6.45, 7) is 5.70. The molecule has 0 aliphatic heterocycles. The van der Waals surface area contributed by atoms with E-state index < -0.39 is 0 Å². The van der Waals surface area contributed by atoms with Crippen molar-refractivity contribution in [1.29, 1.82) is 0 Å². The molecular weight excluding hydrogens is 240 g/mol. The average molecular weight is 266 g/mol. The van der Waals surface area contributed by atoms with Crippen molar-refractivity contribution in [2.75, 3.05) is 41.0 Å². The fourth-order valence-corrected chi connectivity index (χ4v) is 1.90. The zero-order valence-corrected chi connectivity index (χ0v) is 12.5. The zero-order valence-electron chi connectivity index (χ0n) is 12.5. The van der Waals surface area contributed by atoms with Crippen LogP contribution in [0, 0.1) is 0 Å². The fourth-order valence-electron chi connectivity index (χ4n) is 1.90. The number of ether oxygens (including phenoxy) is 2. The van der Waals surface area contributed by atoms with E-state index in [0.717, 1.165) is 32.0 Å². The number of nitrogens with one attached hydrogen (secondary N) is 1. The molecule has 0 aliphatic rings. The Balaban J connectivity index is 2.42. The second-order valence-electron chi connectivity index (χ2n) is 4.77. The van der Waals surface area contributed by atoms with E-state index >= 15 is 0 Å². The van der Waals surface area contributed by atoms with Crippen molar-refractivity contribution < 1.29 is 9.47 Å². The molecule has 1 unspecified atom stereocenters. The minimum Gasteiger partial charge on any atom is -0.496 e. The van der Waals surface area contributed by atoms with E-state index in [1.807, 2.05) is 18.2 Å². The van der Waals surface area contributed by atoms with Crippen LogP contribution in [0.5, 0.6) is 5.75 Å². The van der Waals surface area contributed by atoms with Crippen LogP contribution in [0.2, 0.25) is 0 Å². The highest BCUT2D eigenvalue weighted by Crippen LogP contribution is 2.19. The van der Waals surface area contributed by atoms with Gasteiger partial charge in [-0.15, -0.1) is 0 Å². The molecule has 0 radical (unpaired) electrons. The normalized spacial score (nSPS) is 12.7. The summed E-state index contributed by atoms with van der Waals surface area (Å²) in [5.41, 5.74) is 1.22. The number of benzene rings is 1. The van der Waals surface area contributed by atoms with Crippen molar-refractivity contribution in [3.63, 3.8) is 0 Å². The van der Waals surface area contributed by atoms with E-state index in [1.165, 1.54) is 5.56 Å². The van der Waals surface area contributed by atoms with Gasteiger partial charge in [0.15, 0.2) is 0 Å². The zero-order chi connectivity index (χ0) is 14.1. The number of para-hydroxylation sites is 1. The molecule has 0 saturated heterocycles. The van der Waals surface area contributed by atoms with Gasteiger partial charge in [-0.3, -0.25) is 4.90 Å². The van der Waals surface area contributed by atoms with Gasteiger partial charge in [0.2, 0.25) is 0 Å². The molecule has 0 fully saturated rings. The lowest BCUT2D eigenvalue weighted by Crippen LogP contribution is -2.38. The third kappa shape index (κ3) is 5.59. The summed E-state index contributed by atoms with van der Waals surface area (Å²) in [5, 5.41) is 3.38. The highest BCUT2D eigenvalue weighted by molar-refractivity contribution is 5.33. The van der Waals surface area contributed by atoms with Gasteiger partial charge in [-0.2, -0.15) is 0 Å². The Bertz CT molecular complexity index is 358. The highest BCUT2D eigenvalue weighted by Gasteiger charge is 2.11. The number of likely N-dealkylation sites (N-methyl/N-ethyl adjacent to an activating group) is 1. The summed E-state index contributed by atoms with van der Waals surface area (Å²) in [7, 11) is 5.57. The fraction of sp³-hybridized carbons (Fsp3) is 0.600. The first-order valence-electron chi connectivity index (χ1n) is 6.70. The Morgan fingerprint density at radius 2 is 2.00 bits per heavy atom. The molecule has 1 aromatic carbocycles. The lowest BCUT2D eigenvalue weighted by Gasteiger charge is -2.25. The van der Waals surface area contributed by atoms with Crippen molar-refractivity contribution in [2.45, 2.75) is 19.5 Å². The molecule has 0 spiro atoms. The molecule has 0 heterocycles. The van der Waals surface area contributed by atoms with E-state index in [4.69, 9.17) is 9.47 Å². The first-order valence-corrected chi connectivity index (χ1v) is 6.70. The van der Waals surface area contributed by atoms with Crippen LogP contribution >= 0.6 is 0 Å². The molecule has 0 saturated carbocycles. The van der Waals surface area contributed by atoms with Crippen LogP contribution in [0.15, 0.2) is 24.3 Å². The maximum absolute atomic E-state index is 5.38. The largest absolute Gasteiger partial charge is 0.496 e. The number of nitrogens with zero attached hydrogens (tertiary/aromatic N) is 1. The summed E-state index contributed by atoms with van der Waals surface area (Å²) in [6, 6.07) is 8.62. The summed E-state index contributed by atoms with van der Waals surface area (Å²) in [5.74, 6) is 0.953. The molecule has 1 rings (SSSR count). The molecule has 108 valence electrons. The third-order valence-electron chi connectivity index (χ3n) is 3.29. The van der Waals surface area contributed by atoms with Crippen molar-refractivity contribution >= 4 is 0 Å². The van der Waals surface area contributed by atoms with Crippen LogP contribution in [-0.2, 0) is 11.3 Å². The Labute approximate surface area is 116 Å². The van der Waals surface area contributed by atoms with Crippen LogP contribution < -0.4 is 10.1 Å². The number of methoxy groups -OCH3 is 2. The van der Waals surface area contributed by atoms with E-state index in [1.54, 1.807) is 14.2 Å². The quantitative estimate of drug-likeness (QED) is 0.691. The Morgan fingerprint density at radius 3 is 2.68 bits per heavy atom. The number of hydrogen-bond donors (Lipinski definition) is 1. The monoisotopic (exact) mass is 266 g/mol. The van der Waals surface area contributed by atoms with Crippen molar-refractivity contribution in [2.24, 2.45) is 0 Å². The lowest BCUT2D eigenvalue weighted by atomic mass is 10.1. The van der Waals surface area contributed by atoms with Gasteiger partial charge >= 0.3 is 0 Å². The molecule has 0 bridgehead atoms. The maximum Gasteiger partial charge on any atom is 0.123 e. The van der Waals surface area contributed by atoms with Gasteiger partial charge in [-0.1, -0.05) is 18.2 Å². The van der Waals surface area contributed by atoms with Crippen molar-refractivity contribution in [1.82, 2.24) is 10.2 Å². The summed E-state index contributed by atoms with van der Waals surface area (Å²) in [6.07, 6.45) is 0. The van der Waals surface area contributed by atoms with Gasteiger partial charge in [0.1, 0.15) is 5.75 Å². The average Bonchev–Trinajstić information content (AvgIpc) is 2.44. The Morgan fingerprint density at radius 1 is 1.26 bits per heavy atom. The van der Waals surface area contributed by atoms with Gasteiger partial charge in [0, 0.05) is 38.3 Å². The van der Waals surface area contributed by atoms with E-state index in [9.17, 15) is 0 Å². The summed E-state index contributed by atoms with van der Waals surface area (Å²) >= 11 is 0.